The summed E-state index contributed by atoms with van der Waals surface area (Å²) in [7, 11) is 0. The highest BCUT2D eigenvalue weighted by Gasteiger charge is 2.15. The zero-order chi connectivity index (χ0) is 19.0. The van der Waals surface area contributed by atoms with Crippen molar-refractivity contribution >= 4 is 60.9 Å². The minimum absolute atomic E-state index is 0.0586. The van der Waals surface area contributed by atoms with Gasteiger partial charge in [-0.2, -0.15) is 0 Å². The third kappa shape index (κ3) is 3.57. The van der Waals surface area contributed by atoms with Crippen molar-refractivity contribution in [3.05, 3.63) is 70.1 Å². The number of nitrogens with zero attached hydrogens (tertiary/aromatic N) is 1. The number of carbonyl (C=O) groups excluding carboxylic acids is 1. The number of thiazole rings is 1. The summed E-state index contributed by atoms with van der Waals surface area (Å²) in [5.74, 6) is -0.635. The van der Waals surface area contributed by atoms with E-state index in [1.807, 2.05) is 25.1 Å². The highest BCUT2D eigenvalue weighted by atomic mass is 32.1. The van der Waals surface area contributed by atoms with Gasteiger partial charge in [-0.05, 0) is 49.0 Å². The molecule has 4 aromatic rings. The number of hydrogen-bond donors (Lipinski definition) is 2. The maximum Gasteiger partial charge on any atom is 0.349 e. The van der Waals surface area contributed by atoms with Crippen LogP contribution in [0.4, 0.5) is 5.13 Å². The maximum absolute atomic E-state index is 12.4. The number of anilines is 1. The van der Waals surface area contributed by atoms with Crippen LogP contribution < -0.4 is 16.3 Å². The molecule has 0 radical (unpaired) electrons. The Morgan fingerprint density at radius 1 is 1.19 bits per heavy atom. The Balaban J connectivity index is 1.52. The lowest BCUT2D eigenvalue weighted by Crippen LogP contribution is -2.36. The lowest BCUT2D eigenvalue weighted by Gasteiger charge is -2.07. The molecule has 2 N–H and O–H groups in total. The van der Waals surface area contributed by atoms with Crippen molar-refractivity contribution in [3.63, 3.8) is 0 Å². The fourth-order valence-electron chi connectivity index (χ4n) is 2.61. The Morgan fingerprint density at radius 2 is 2.00 bits per heavy atom. The number of hydrogen-bond acceptors (Lipinski definition) is 6. The lowest BCUT2D eigenvalue weighted by molar-refractivity contribution is 0.0974. The van der Waals surface area contributed by atoms with Gasteiger partial charge in [-0.25, -0.2) is 9.78 Å². The summed E-state index contributed by atoms with van der Waals surface area (Å²) in [6.07, 6.45) is 0. The van der Waals surface area contributed by atoms with Gasteiger partial charge in [-0.3, -0.25) is 10.1 Å². The number of carbonyl (C=O) groups is 1. The molecule has 2 aromatic carbocycles. The third-order valence-corrected chi connectivity index (χ3v) is 5.03. The van der Waals surface area contributed by atoms with Crippen molar-refractivity contribution in [2.24, 2.45) is 0 Å². The van der Waals surface area contributed by atoms with Gasteiger partial charge < -0.3 is 9.73 Å². The summed E-state index contributed by atoms with van der Waals surface area (Å²) in [4.78, 5) is 28.9. The fraction of sp³-hybridized carbons (Fsp3) is 0.0526. The molecule has 134 valence electrons. The summed E-state index contributed by atoms with van der Waals surface area (Å²) in [5.41, 5.74) is 1.55. The molecule has 0 saturated heterocycles. The topological polar surface area (TPSA) is 84.2 Å². The predicted octanol–water partition coefficient (Wildman–Crippen LogP) is 3.84. The van der Waals surface area contributed by atoms with Gasteiger partial charge >= 0.3 is 5.63 Å². The normalized spacial score (nSPS) is 10.9. The van der Waals surface area contributed by atoms with Gasteiger partial charge in [0.1, 0.15) is 11.1 Å². The molecule has 27 heavy (non-hydrogen) atoms. The van der Waals surface area contributed by atoms with E-state index < -0.39 is 11.5 Å². The summed E-state index contributed by atoms with van der Waals surface area (Å²) >= 11 is 6.59. The Labute approximate surface area is 162 Å². The molecule has 6 nitrogen and oxygen atoms in total. The van der Waals surface area contributed by atoms with E-state index in [4.69, 9.17) is 16.6 Å². The van der Waals surface area contributed by atoms with Gasteiger partial charge in [-0.15, -0.1) is 0 Å². The predicted molar refractivity (Wildman–Crippen MR) is 111 cm³/mol. The molecule has 1 amide bonds. The van der Waals surface area contributed by atoms with Crippen molar-refractivity contribution in [3.8, 4) is 0 Å². The number of aryl methyl sites for hydroxylation is 1. The molecular weight excluding hydrogens is 382 g/mol. The smallest absolute Gasteiger partial charge is 0.349 e. The van der Waals surface area contributed by atoms with E-state index in [1.54, 1.807) is 24.3 Å². The first-order chi connectivity index (χ1) is 13.0. The molecule has 4 rings (SSSR count). The minimum atomic E-state index is -0.718. The number of thiocarbonyl (C=S) groups is 1. The zero-order valence-corrected chi connectivity index (χ0v) is 15.7. The summed E-state index contributed by atoms with van der Waals surface area (Å²) < 4.78 is 6.18. The SMILES string of the molecule is Cc1ccc2sc(NC(=S)NC(=O)c3cc4ccccc4oc3=O)nc2c1. The number of benzene rings is 2. The molecule has 0 bridgehead atoms. The number of nitrogens with one attached hydrogen (secondary N) is 2. The molecule has 2 aromatic heterocycles. The highest BCUT2D eigenvalue weighted by molar-refractivity contribution is 7.80. The molecule has 0 spiro atoms. The second-order valence-electron chi connectivity index (χ2n) is 5.88. The van der Waals surface area contributed by atoms with E-state index >= 15 is 0 Å². The molecule has 8 heteroatoms. The quantitative estimate of drug-likeness (QED) is 0.396. The number of rotatable bonds is 2. The maximum atomic E-state index is 12.4. The van der Waals surface area contributed by atoms with E-state index in [0.717, 1.165) is 15.8 Å². The van der Waals surface area contributed by atoms with E-state index in [2.05, 4.69) is 15.6 Å². The largest absolute Gasteiger partial charge is 0.422 e. The molecule has 0 unspecified atom stereocenters. The van der Waals surface area contributed by atoms with E-state index in [1.165, 1.54) is 17.4 Å². The van der Waals surface area contributed by atoms with Crippen molar-refractivity contribution in [1.82, 2.24) is 10.3 Å². The van der Waals surface area contributed by atoms with Gasteiger partial charge in [0.25, 0.3) is 5.91 Å². The lowest BCUT2D eigenvalue weighted by atomic mass is 10.2. The van der Waals surface area contributed by atoms with Gasteiger partial charge in [0, 0.05) is 5.39 Å². The number of fused-ring (bicyclic) bond motifs is 2. The van der Waals surface area contributed by atoms with Crippen LogP contribution in [-0.4, -0.2) is 16.0 Å². The highest BCUT2D eigenvalue weighted by Crippen LogP contribution is 2.26. The molecule has 0 fully saturated rings. The van der Waals surface area contributed by atoms with Crippen molar-refractivity contribution in [2.45, 2.75) is 6.92 Å². The van der Waals surface area contributed by atoms with Gasteiger partial charge in [0.2, 0.25) is 0 Å². The van der Waals surface area contributed by atoms with Crippen LogP contribution in [0.15, 0.2) is 57.7 Å². The van der Waals surface area contributed by atoms with E-state index in [0.29, 0.717) is 16.1 Å². The average Bonchev–Trinajstić information content (AvgIpc) is 3.01. The van der Waals surface area contributed by atoms with Crippen LogP contribution in [-0.2, 0) is 0 Å². The van der Waals surface area contributed by atoms with Gasteiger partial charge in [-0.1, -0.05) is 35.6 Å². The summed E-state index contributed by atoms with van der Waals surface area (Å²) in [6.45, 7) is 1.99. The van der Waals surface area contributed by atoms with Crippen LogP contribution in [0.25, 0.3) is 21.2 Å². The number of aromatic nitrogens is 1. The zero-order valence-electron chi connectivity index (χ0n) is 14.1. The number of amides is 1. The molecular formula is C19H13N3O3S2. The minimum Gasteiger partial charge on any atom is -0.422 e. The molecule has 2 heterocycles. The van der Waals surface area contributed by atoms with Crippen molar-refractivity contribution in [2.75, 3.05) is 5.32 Å². The Bertz CT molecular complexity index is 1260. The van der Waals surface area contributed by atoms with E-state index in [-0.39, 0.29) is 10.7 Å². The first kappa shape index (κ1) is 17.3. The molecule has 0 saturated carbocycles. The van der Waals surface area contributed by atoms with Crippen LogP contribution in [0.2, 0.25) is 0 Å². The second-order valence-corrected chi connectivity index (χ2v) is 7.32. The summed E-state index contributed by atoms with van der Waals surface area (Å²) in [5, 5.41) is 6.65. The van der Waals surface area contributed by atoms with Crippen LogP contribution in [0.5, 0.6) is 0 Å². The Kier molecular flexibility index (Phi) is 4.43. The van der Waals surface area contributed by atoms with Crippen LogP contribution in [0.3, 0.4) is 0 Å². The Morgan fingerprint density at radius 3 is 2.85 bits per heavy atom. The van der Waals surface area contributed by atoms with Crippen molar-refractivity contribution in [1.29, 1.82) is 0 Å². The van der Waals surface area contributed by atoms with Crippen LogP contribution >= 0.6 is 23.6 Å². The van der Waals surface area contributed by atoms with E-state index in [9.17, 15) is 9.59 Å². The fourth-order valence-corrected chi connectivity index (χ4v) is 3.71. The molecule has 0 atom stereocenters. The molecule has 0 aliphatic rings. The average molecular weight is 395 g/mol. The van der Waals surface area contributed by atoms with Crippen LogP contribution in [0.1, 0.15) is 15.9 Å². The number of para-hydroxylation sites is 1. The van der Waals surface area contributed by atoms with Crippen molar-refractivity contribution < 1.29 is 9.21 Å². The summed E-state index contributed by atoms with van der Waals surface area (Å²) in [6, 6.07) is 14.4. The second kappa shape index (κ2) is 6.90. The Hall–Kier alpha value is -3.10. The van der Waals surface area contributed by atoms with Gasteiger partial charge in [0.15, 0.2) is 10.2 Å². The van der Waals surface area contributed by atoms with Crippen LogP contribution in [0, 0.1) is 6.92 Å². The first-order valence-corrected chi connectivity index (χ1v) is 9.24. The van der Waals surface area contributed by atoms with Gasteiger partial charge in [0.05, 0.1) is 10.2 Å². The first-order valence-electron chi connectivity index (χ1n) is 8.02. The monoisotopic (exact) mass is 395 g/mol. The standard InChI is InChI=1S/C19H13N3O3S2/c1-10-6-7-15-13(8-10)20-19(27-15)22-18(26)21-16(23)12-9-11-4-2-3-5-14(11)25-17(12)24/h2-9H,1H3,(H2,20,21,22,23,26). The molecule has 0 aliphatic carbocycles. The molecule has 0 aliphatic heterocycles. The third-order valence-electron chi connectivity index (χ3n) is 3.88.